The number of nitrogens with zero attached hydrogens (tertiary/aromatic N) is 3. The van der Waals surface area contributed by atoms with Crippen molar-refractivity contribution in [2.75, 3.05) is 44.5 Å². The molecule has 0 aliphatic heterocycles. The first-order valence-electron chi connectivity index (χ1n) is 5.40. The van der Waals surface area contributed by atoms with E-state index >= 15 is 0 Å². The van der Waals surface area contributed by atoms with E-state index in [-0.39, 0.29) is 13.0 Å². The van der Waals surface area contributed by atoms with Gasteiger partial charge in [-0.05, 0) is 5.53 Å². The lowest BCUT2D eigenvalue weighted by molar-refractivity contribution is -0.138. The van der Waals surface area contributed by atoms with Crippen molar-refractivity contribution >= 4 is 27.6 Å². The highest BCUT2D eigenvalue weighted by molar-refractivity contribution is 8.76. The van der Waals surface area contributed by atoms with E-state index in [4.69, 9.17) is 20.1 Å². The predicted molar refractivity (Wildman–Crippen MR) is 72.8 cm³/mol. The van der Waals surface area contributed by atoms with Gasteiger partial charge in [0.05, 0.1) is 32.8 Å². The number of azide groups is 1. The Kier molecular flexibility index (Phi) is 14.0. The van der Waals surface area contributed by atoms with Crippen molar-refractivity contribution in [1.29, 1.82) is 0 Å². The molecule has 9 heteroatoms. The smallest absolute Gasteiger partial charge is 0.305 e. The fraction of sp³-hybridized carbons (Fsp3) is 0.889. The standard InChI is InChI=1S/C9H17N3O4S2/c10-12-11-2-7-17-18-8-6-16-5-4-15-3-1-9(13)14/h1-8H2,(H,13,14). The van der Waals surface area contributed by atoms with Gasteiger partial charge in [0, 0.05) is 23.0 Å². The summed E-state index contributed by atoms with van der Waals surface area (Å²) in [6.45, 7) is 2.25. The van der Waals surface area contributed by atoms with Gasteiger partial charge in [-0.3, -0.25) is 4.79 Å². The molecule has 0 aliphatic carbocycles. The molecule has 0 spiro atoms. The van der Waals surface area contributed by atoms with Crippen molar-refractivity contribution in [2.45, 2.75) is 6.42 Å². The average Bonchev–Trinajstić information content (AvgIpc) is 2.34. The average molecular weight is 295 g/mol. The van der Waals surface area contributed by atoms with Gasteiger partial charge >= 0.3 is 5.97 Å². The quantitative estimate of drug-likeness (QED) is 0.183. The second kappa shape index (κ2) is 14.5. The Morgan fingerprint density at radius 3 is 2.50 bits per heavy atom. The summed E-state index contributed by atoms with van der Waals surface area (Å²) >= 11 is 0. The van der Waals surface area contributed by atoms with Crippen LogP contribution in [0, 0.1) is 0 Å². The summed E-state index contributed by atoms with van der Waals surface area (Å²) in [6.07, 6.45) is 0.0255. The zero-order valence-electron chi connectivity index (χ0n) is 9.99. The predicted octanol–water partition coefficient (Wildman–Crippen LogP) is 2.19. The zero-order valence-corrected chi connectivity index (χ0v) is 11.6. The highest BCUT2D eigenvalue weighted by atomic mass is 33.1. The van der Waals surface area contributed by atoms with Gasteiger partial charge in [0.2, 0.25) is 0 Å². The van der Waals surface area contributed by atoms with Crippen LogP contribution in [0.3, 0.4) is 0 Å². The summed E-state index contributed by atoms with van der Waals surface area (Å²) < 4.78 is 10.3. The SMILES string of the molecule is [N-]=[N+]=NCCSSCCOCCOCCC(=O)O. The van der Waals surface area contributed by atoms with Crippen LogP contribution in [0.4, 0.5) is 0 Å². The van der Waals surface area contributed by atoms with E-state index in [0.717, 1.165) is 11.5 Å². The first kappa shape index (κ1) is 17.4. The minimum Gasteiger partial charge on any atom is -0.481 e. The molecule has 0 aromatic rings. The van der Waals surface area contributed by atoms with Crippen molar-refractivity contribution in [3.05, 3.63) is 10.4 Å². The molecular formula is C9H17N3O4S2. The summed E-state index contributed by atoms with van der Waals surface area (Å²) in [5.74, 6) is 0.799. The molecule has 0 aromatic carbocycles. The molecule has 0 fully saturated rings. The van der Waals surface area contributed by atoms with Gasteiger partial charge in [-0.2, -0.15) is 0 Å². The van der Waals surface area contributed by atoms with Crippen LogP contribution in [0.15, 0.2) is 5.11 Å². The van der Waals surface area contributed by atoms with Crippen LogP contribution in [0.5, 0.6) is 0 Å². The van der Waals surface area contributed by atoms with Gasteiger partial charge in [-0.1, -0.05) is 26.7 Å². The van der Waals surface area contributed by atoms with Crippen LogP contribution >= 0.6 is 21.6 Å². The van der Waals surface area contributed by atoms with Gasteiger partial charge < -0.3 is 14.6 Å². The Hall–Kier alpha value is -0.600. The minimum absolute atomic E-state index is 0.0255. The zero-order chi connectivity index (χ0) is 13.5. The van der Waals surface area contributed by atoms with E-state index in [2.05, 4.69) is 10.0 Å². The van der Waals surface area contributed by atoms with Crippen LogP contribution in [0.1, 0.15) is 6.42 Å². The molecule has 0 radical (unpaired) electrons. The number of carboxylic acids is 1. The summed E-state index contributed by atoms with van der Waals surface area (Å²) in [4.78, 5) is 12.8. The number of aliphatic carboxylic acids is 1. The molecule has 0 aliphatic rings. The van der Waals surface area contributed by atoms with Crippen LogP contribution in [-0.2, 0) is 14.3 Å². The third-order valence-electron chi connectivity index (χ3n) is 1.56. The Morgan fingerprint density at radius 1 is 1.17 bits per heavy atom. The van der Waals surface area contributed by atoms with Crippen LogP contribution < -0.4 is 0 Å². The van der Waals surface area contributed by atoms with E-state index in [1.165, 1.54) is 0 Å². The maximum atomic E-state index is 10.2. The molecule has 0 heterocycles. The van der Waals surface area contributed by atoms with E-state index in [1.54, 1.807) is 21.6 Å². The maximum absolute atomic E-state index is 10.2. The normalized spacial score (nSPS) is 10.0. The van der Waals surface area contributed by atoms with Gasteiger partial charge in [-0.15, -0.1) is 0 Å². The molecule has 0 unspecified atom stereocenters. The Bertz CT molecular complexity index is 250. The van der Waals surface area contributed by atoms with E-state index < -0.39 is 5.97 Å². The topological polar surface area (TPSA) is 105 Å². The highest BCUT2D eigenvalue weighted by Crippen LogP contribution is 2.20. The molecule has 0 aromatic heterocycles. The number of rotatable bonds is 13. The van der Waals surface area contributed by atoms with Crippen molar-refractivity contribution in [3.8, 4) is 0 Å². The van der Waals surface area contributed by atoms with Crippen molar-refractivity contribution < 1.29 is 19.4 Å². The number of ether oxygens (including phenoxy) is 2. The minimum atomic E-state index is -0.856. The monoisotopic (exact) mass is 295 g/mol. The number of carboxylic acid groups (broad SMARTS) is 1. The van der Waals surface area contributed by atoms with Crippen molar-refractivity contribution in [1.82, 2.24) is 0 Å². The summed E-state index contributed by atoms with van der Waals surface area (Å²) in [5.41, 5.74) is 8.04. The lowest BCUT2D eigenvalue weighted by Crippen LogP contribution is -2.09. The van der Waals surface area contributed by atoms with Crippen molar-refractivity contribution in [2.24, 2.45) is 5.11 Å². The van der Waals surface area contributed by atoms with Crippen LogP contribution in [-0.4, -0.2) is 55.6 Å². The van der Waals surface area contributed by atoms with E-state index in [1.807, 2.05) is 0 Å². The Labute approximate surface area is 114 Å². The highest BCUT2D eigenvalue weighted by Gasteiger charge is 1.96. The van der Waals surface area contributed by atoms with Crippen LogP contribution in [0.25, 0.3) is 10.4 Å². The fourth-order valence-corrected chi connectivity index (χ4v) is 2.53. The van der Waals surface area contributed by atoms with Gasteiger partial charge in [0.25, 0.3) is 0 Å². The van der Waals surface area contributed by atoms with Gasteiger partial charge in [0.15, 0.2) is 0 Å². The van der Waals surface area contributed by atoms with Gasteiger partial charge in [-0.25, -0.2) is 0 Å². The molecule has 0 saturated carbocycles. The van der Waals surface area contributed by atoms with Crippen molar-refractivity contribution in [3.63, 3.8) is 0 Å². The second-order valence-electron chi connectivity index (χ2n) is 2.97. The first-order valence-corrected chi connectivity index (χ1v) is 7.88. The number of carbonyl (C=O) groups is 1. The largest absolute Gasteiger partial charge is 0.481 e. The maximum Gasteiger partial charge on any atom is 0.305 e. The number of hydrogen-bond donors (Lipinski definition) is 1. The molecule has 7 nitrogen and oxygen atoms in total. The van der Waals surface area contributed by atoms with E-state index in [0.29, 0.717) is 26.4 Å². The molecule has 0 rings (SSSR count). The molecule has 0 saturated heterocycles. The molecular weight excluding hydrogens is 278 g/mol. The third-order valence-corrected chi connectivity index (χ3v) is 3.91. The molecule has 18 heavy (non-hydrogen) atoms. The summed E-state index contributed by atoms with van der Waals surface area (Å²) in [6, 6.07) is 0. The first-order chi connectivity index (χ1) is 8.77. The molecule has 104 valence electrons. The summed E-state index contributed by atoms with van der Waals surface area (Å²) in [7, 11) is 3.31. The molecule has 1 N–H and O–H groups in total. The molecule has 0 bridgehead atoms. The fourth-order valence-electron chi connectivity index (χ4n) is 0.815. The lowest BCUT2D eigenvalue weighted by atomic mass is 10.5. The Morgan fingerprint density at radius 2 is 1.83 bits per heavy atom. The second-order valence-corrected chi connectivity index (χ2v) is 5.67. The molecule has 0 atom stereocenters. The lowest BCUT2D eigenvalue weighted by Gasteiger charge is -2.04. The van der Waals surface area contributed by atoms with E-state index in [9.17, 15) is 4.79 Å². The molecule has 0 amide bonds. The Balaban J connectivity index is 2.98. The number of hydrogen-bond acceptors (Lipinski definition) is 6. The summed E-state index contributed by atoms with van der Waals surface area (Å²) in [5, 5.41) is 11.8. The van der Waals surface area contributed by atoms with Crippen LogP contribution in [0.2, 0.25) is 0 Å². The third kappa shape index (κ3) is 15.4. The van der Waals surface area contributed by atoms with Gasteiger partial charge in [0.1, 0.15) is 0 Å².